The molecule has 112 valence electrons. The molecule has 0 saturated heterocycles. The number of anilines is 1. The lowest BCUT2D eigenvalue weighted by Gasteiger charge is -2.08. The zero-order valence-electron chi connectivity index (χ0n) is 12.4. The summed E-state index contributed by atoms with van der Waals surface area (Å²) in [6.45, 7) is 5.19. The van der Waals surface area contributed by atoms with Crippen molar-refractivity contribution in [3.63, 3.8) is 0 Å². The van der Waals surface area contributed by atoms with Gasteiger partial charge in [-0.2, -0.15) is 4.98 Å². The molecule has 1 aromatic rings. The first-order valence-electron chi connectivity index (χ1n) is 6.95. The van der Waals surface area contributed by atoms with Crippen LogP contribution in [0.15, 0.2) is 6.07 Å². The van der Waals surface area contributed by atoms with Crippen LogP contribution in [0.5, 0.6) is 5.88 Å². The maximum atomic E-state index is 10.9. The molecule has 1 N–H and O–H groups in total. The quantitative estimate of drug-likeness (QED) is 0.553. The molecule has 1 aromatic heterocycles. The number of hydrogen-bond donors (Lipinski definition) is 1. The largest absolute Gasteiger partial charge is 0.478 e. The number of rotatable bonds is 9. The number of unbranched alkanes of at least 4 members (excludes halogenated alkanes) is 2. The van der Waals surface area contributed by atoms with Crippen molar-refractivity contribution in [3.05, 3.63) is 11.8 Å². The number of aryl methyl sites for hydroxylation is 1. The molecular formula is C14H23N3O3. The van der Waals surface area contributed by atoms with Gasteiger partial charge in [-0.15, -0.1) is 0 Å². The molecule has 1 heterocycles. The summed E-state index contributed by atoms with van der Waals surface area (Å²) < 4.78 is 9.96. The van der Waals surface area contributed by atoms with Crippen LogP contribution in [-0.2, 0) is 9.53 Å². The highest BCUT2D eigenvalue weighted by molar-refractivity contribution is 5.68. The van der Waals surface area contributed by atoms with Gasteiger partial charge in [-0.1, -0.05) is 6.42 Å². The van der Waals surface area contributed by atoms with Gasteiger partial charge >= 0.3 is 5.97 Å². The molecule has 20 heavy (non-hydrogen) atoms. The average Bonchev–Trinajstić information content (AvgIpc) is 2.42. The van der Waals surface area contributed by atoms with E-state index in [0.717, 1.165) is 31.5 Å². The second kappa shape index (κ2) is 9.12. The molecule has 0 spiro atoms. The number of nitrogens with one attached hydrogen (secondary N) is 1. The molecule has 0 unspecified atom stereocenters. The van der Waals surface area contributed by atoms with Gasteiger partial charge < -0.3 is 14.8 Å². The van der Waals surface area contributed by atoms with Gasteiger partial charge in [0.15, 0.2) is 0 Å². The van der Waals surface area contributed by atoms with Gasteiger partial charge in [0.25, 0.3) is 0 Å². The van der Waals surface area contributed by atoms with Gasteiger partial charge in [-0.05, 0) is 26.7 Å². The van der Waals surface area contributed by atoms with Gasteiger partial charge in [0.1, 0.15) is 0 Å². The molecule has 0 bridgehead atoms. The molecule has 0 aliphatic rings. The highest BCUT2D eigenvalue weighted by Crippen LogP contribution is 2.12. The number of nitrogens with zero attached hydrogens (tertiary/aromatic N) is 2. The second-order valence-corrected chi connectivity index (χ2v) is 4.42. The molecule has 0 amide bonds. The van der Waals surface area contributed by atoms with E-state index in [1.807, 2.05) is 19.9 Å². The summed E-state index contributed by atoms with van der Waals surface area (Å²) in [5.41, 5.74) is 0.872. The Balaban J connectivity index is 2.26. The normalized spacial score (nSPS) is 10.2. The summed E-state index contributed by atoms with van der Waals surface area (Å²) in [5.74, 6) is 1.02. The van der Waals surface area contributed by atoms with E-state index in [0.29, 0.717) is 24.9 Å². The lowest BCUT2D eigenvalue weighted by Crippen LogP contribution is -2.08. The summed E-state index contributed by atoms with van der Waals surface area (Å²) in [6.07, 6.45) is 3.24. The van der Waals surface area contributed by atoms with Crippen molar-refractivity contribution in [1.29, 1.82) is 0 Å². The Morgan fingerprint density at radius 3 is 2.80 bits per heavy atom. The Morgan fingerprint density at radius 2 is 2.10 bits per heavy atom. The van der Waals surface area contributed by atoms with Crippen LogP contribution in [0.3, 0.4) is 0 Å². The summed E-state index contributed by atoms with van der Waals surface area (Å²) in [5, 5.41) is 3.17. The minimum absolute atomic E-state index is 0.152. The summed E-state index contributed by atoms with van der Waals surface area (Å²) in [6, 6.07) is 1.81. The Labute approximate surface area is 119 Å². The van der Waals surface area contributed by atoms with Crippen LogP contribution in [0.25, 0.3) is 0 Å². The number of carbonyl (C=O) groups is 1. The SMILES string of the molecule is CCOc1cc(C)nc(NCCCCCC(=O)OC)n1. The molecule has 0 aromatic carbocycles. The Kier molecular flexibility index (Phi) is 7.39. The third kappa shape index (κ3) is 6.36. The van der Waals surface area contributed by atoms with Crippen LogP contribution in [-0.4, -0.2) is 36.2 Å². The fourth-order valence-electron chi connectivity index (χ4n) is 1.71. The third-order valence-corrected chi connectivity index (χ3v) is 2.69. The lowest BCUT2D eigenvalue weighted by molar-refractivity contribution is -0.140. The van der Waals surface area contributed by atoms with E-state index in [9.17, 15) is 4.79 Å². The van der Waals surface area contributed by atoms with E-state index in [1.54, 1.807) is 0 Å². The smallest absolute Gasteiger partial charge is 0.305 e. The van der Waals surface area contributed by atoms with E-state index < -0.39 is 0 Å². The first-order chi connectivity index (χ1) is 9.65. The Morgan fingerprint density at radius 1 is 1.30 bits per heavy atom. The molecule has 6 heteroatoms. The molecule has 0 saturated carbocycles. The molecule has 6 nitrogen and oxygen atoms in total. The van der Waals surface area contributed by atoms with Gasteiger partial charge in [-0.25, -0.2) is 4.98 Å². The fraction of sp³-hybridized carbons (Fsp3) is 0.643. The van der Waals surface area contributed by atoms with E-state index in [1.165, 1.54) is 7.11 Å². The van der Waals surface area contributed by atoms with Crippen LogP contribution < -0.4 is 10.1 Å². The average molecular weight is 281 g/mol. The van der Waals surface area contributed by atoms with Crippen molar-refractivity contribution in [2.24, 2.45) is 0 Å². The van der Waals surface area contributed by atoms with E-state index in [-0.39, 0.29) is 5.97 Å². The van der Waals surface area contributed by atoms with Gasteiger partial charge in [-0.3, -0.25) is 4.79 Å². The van der Waals surface area contributed by atoms with Crippen LogP contribution in [0.1, 0.15) is 38.3 Å². The number of hydrogen-bond acceptors (Lipinski definition) is 6. The number of carbonyl (C=O) groups excluding carboxylic acids is 1. The highest BCUT2D eigenvalue weighted by atomic mass is 16.5. The highest BCUT2D eigenvalue weighted by Gasteiger charge is 2.03. The molecule has 1 rings (SSSR count). The van der Waals surface area contributed by atoms with Crippen molar-refractivity contribution in [3.8, 4) is 5.88 Å². The predicted molar refractivity (Wildman–Crippen MR) is 76.9 cm³/mol. The zero-order chi connectivity index (χ0) is 14.8. The molecule has 0 fully saturated rings. The number of esters is 1. The second-order valence-electron chi connectivity index (χ2n) is 4.42. The number of aromatic nitrogens is 2. The molecule has 0 radical (unpaired) electrons. The number of ether oxygens (including phenoxy) is 2. The molecule has 0 aliphatic carbocycles. The van der Waals surface area contributed by atoms with Crippen LogP contribution in [0.4, 0.5) is 5.95 Å². The zero-order valence-corrected chi connectivity index (χ0v) is 12.4. The standard InChI is InChI=1S/C14H23N3O3/c1-4-20-12-10-11(2)16-14(17-12)15-9-7-5-6-8-13(18)19-3/h10H,4-9H2,1-3H3,(H,15,16,17). The minimum atomic E-state index is -0.152. The monoisotopic (exact) mass is 281 g/mol. The summed E-state index contributed by atoms with van der Waals surface area (Å²) >= 11 is 0. The minimum Gasteiger partial charge on any atom is -0.478 e. The number of methoxy groups -OCH3 is 1. The molecule has 0 aliphatic heterocycles. The predicted octanol–water partition coefficient (Wildman–Crippen LogP) is 2.33. The van der Waals surface area contributed by atoms with Crippen molar-refractivity contribution in [1.82, 2.24) is 9.97 Å². The van der Waals surface area contributed by atoms with Crippen molar-refractivity contribution in [2.45, 2.75) is 39.5 Å². The molecular weight excluding hydrogens is 258 g/mol. The lowest BCUT2D eigenvalue weighted by atomic mass is 10.2. The maximum Gasteiger partial charge on any atom is 0.305 e. The van der Waals surface area contributed by atoms with Crippen molar-refractivity contribution >= 4 is 11.9 Å². The first kappa shape index (κ1) is 16.2. The Bertz CT molecular complexity index is 424. The summed E-state index contributed by atoms with van der Waals surface area (Å²) in [7, 11) is 1.41. The Hall–Kier alpha value is -1.85. The topological polar surface area (TPSA) is 73.3 Å². The fourth-order valence-corrected chi connectivity index (χ4v) is 1.71. The summed E-state index contributed by atoms with van der Waals surface area (Å²) in [4.78, 5) is 19.5. The first-order valence-corrected chi connectivity index (χ1v) is 6.95. The van der Waals surface area contributed by atoms with E-state index in [2.05, 4.69) is 20.0 Å². The van der Waals surface area contributed by atoms with Gasteiger partial charge in [0.05, 0.1) is 13.7 Å². The van der Waals surface area contributed by atoms with Crippen LogP contribution >= 0.6 is 0 Å². The van der Waals surface area contributed by atoms with Gasteiger partial charge in [0.2, 0.25) is 11.8 Å². The van der Waals surface area contributed by atoms with E-state index >= 15 is 0 Å². The van der Waals surface area contributed by atoms with Crippen LogP contribution in [0.2, 0.25) is 0 Å². The van der Waals surface area contributed by atoms with Crippen molar-refractivity contribution in [2.75, 3.05) is 25.6 Å². The van der Waals surface area contributed by atoms with Crippen LogP contribution in [0, 0.1) is 6.92 Å². The molecule has 0 atom stereocenters. The van der Waals surface area contributed by atoms with E-state index in [4.69, 9.17) is 4.74 Å². The van der Waals surface area contributed by atoms with Gasteiger partial charge in [0, 0.05) is 24.7 Å². The maximum absolute atomic E-state index is 10.9. The third-order valence-electron chi connectivity index (χ3n) is 2.69. The van der Waals surface area contributed by atoms with Crippen molar-refractivity contribution < 1.29 is 14.3 Å².